The van der Waals surface area contributed by atoms with Crippen LogP contribution in [0.25, 0.3) is 11.1 Å². The van der Waals surface area contributed by atoms with Crippen molar-refractivity contribution >= 4 is 38.8 Å². The fraction of sp³-hybridized carbons (Fsp3) is 0.258. The molecule has 3 aromatic carbocycles. The van der Waals surface area contributed by atoms with Gasteiger partial charge in [-0.05, 0) is 73.2 Å². The van der Waals surface area contributed by atoms with Gasteiger partial charge in [-0.2, -0.15) is 18.2 Å². The van der Waals surface area contributed by atoms with Gasteiger partial charge in [0.15, 0.2) is 0 Å². The predicted molar refractivity (Wildman–Crippen MR) is 160 cm³/mol. The molecule has 1 atom stereocenters. The average Bonchev–Trinajstić information content (AvgIpc) is 3.80. The lowest BCUT2D eigenvalue weighted by molar-refractivity contribution is -0.137. The molecule has 2 heterocycles. The second-order valence-electron chi connectivity index (χ2n) is 10.8. The molecule has 4 aromatic rings. The zero-order valence-electron chi connectivity index (χ0n) is 23.0. The third kappa shape index (κ3) is 6.05. The van der Waals surface area contributed by atoms with Gasteiger partial charge in [-0.1, -0.05) is 36.4 Å². The molecule has 1 saturated carbocycles. The van der Waals surface area contributed by atoms with Crippen molar-refractivity contribution in [3.8, 4) is 11.1 Å². The summed E-state index contributed by atoms with van der Waals surface area (Å²) >= 11 is 0. The number of nitrogens with zero attached hydrogens (tertiary/aromatic N) is 2. The van der Waals surface area contributed by atoms with E-state index < -0.39 is 26.9 Å². The van der Waals surface area contributed by atoms with Crippen molar-refractivity contribution in [2.24, 2.45) is 0 Å². The molecule has 4 N–H and O–H groups in total. The van der Waals surface area contributed by atoms with Crippen molar-refractivity contribution in [2.45, 2.75) is 42.2 Å². The van der Waals surface area contributed by atoms with Gasteiger partial charge in [-0.15, -0.1) is 0 Å². The summed E-state index contributed by atoms with van der Waals surface area (Å²) in [6.45, 7) is 0.558. The van der Waals surface area contributed by atoms with Crippen LogP contribution in [0.1, 0.15) is 36.8 Å². The summed E-state index contributed by atoms with van der Waals surface area (Å²) in [5, 5.41) is 9.35. The third-order valence-corrected chi connectivity index (χ3v) is 9.67. The molecule has 0 spiro atoms. The number of halogens is 3. The SMILES string of the molecule is N=S1(=O)CCCCNc2nc(ncc2-c2ccc(NC(=O)C3(c4cccc(C(F)(F)F)c4)CC3)cc2)Nc2cccc1c2. The number of alkyl halides is 3. The van der Waals surface area contributed by atoms with Gasteiger partial charge in [0.25, 0.3) is 0 Å². The summed E-state index contributed by atoms with van der Waals surface area (Å²) in [5.74, 6) is 0.861. The fourth-order valence-electron chi connectivity index (χ4n) is 5.20. The van der Waals surface area contributed by atoms with Crippen LogP contribution in [-0.4, -0.2) is 32.4 Å². The summed E-state index contributed by atoms with van der Waals surface area (Å²) in [5.41, 5.74) is 1.32. The van der Waals surface area contributed by atoms with Crippen LogP contribution in [0.15, 0.2) is 83.9 Å². The predicted octanol–water partition coefficient (Wildman–Crippen LogP) is 7.19. The first-order valence-corrected chi connectivity index (χ1v) is 15.6. The maximum Gasteiger partial charge on any atom is 0.416 e. The Balaban J connectivity index is 1.21. The van der Waals surface area contributed by atoms with E-state index in [4.69, 9.17) is 4.78 Å². The van der Waals surface area contributed by atoms with E-state index in [2.05, 4.69) is 25.9 Å². The normalized spacial score (nSPS) is 19.4. The van der Waals surface area contributed by atoms with Gasteiger partial charge in [0.1, 0.15) is 5.82 Å². The van der Waals surface area contributed by atoms with Gasteiger partial charge in [0.05, 0.1) is 20.7 Å². The Hall–Kier alpha value is -4.45. The van der Waals surface area contributed by atoms with Crippen molar-refractivity contribution in [1.82, 2.24) is 9.97 Å². The molecule has 222 valence electrons. The van der Waals surface area contributed by atoms with Crippen molar-refractivity contribution < 1.29 is 22.2 Å². The minimum atomic E-state index is -4.48. The first kappa shape index (κ1) is 28.7. The van der Waals surface area contributed by atoms with Crippen molar-refractivity contribution in [2.75, 3.05) is 28.2 Å². The Morgan fingerprint density at radius 2 is 1.77 bits per heavy atom. The van der Waals surface area contributed by atoms with Crippen molar-refractivity contribution in [1.29, 1.82) is 4.78 Å². The molecule has 1 unspecified atom stereocenters. The van der Waals surface area contributed by atoms with E-state index in [0.29, 0.717) is 65.8 Å². The second kappa shape index (κ2) is 11.0. The number of hydrogen-bond donors (Lipinski definition) is 4. The number of anilines is 4. The molecule has 2 aliphatic rings. The number of hydrogen-bond acceptors (Lipinski definition) is 7. The number of nitrogens with one attached hydrogen (secondary N) is 4. The second-order valence-corrected chi connectivity index (χ2v) is 13.0. The number of fused-ring (bicyclic) bond motifs is 4. The number of amides is 1. The highest BCUT2D eigenvalue weighted by Gasteiger charge is 2.51. The lowest BCUT2D eigenvalue weighted by Gasteiger charge is -2.18. The molecule has 8 nitrogen and oxygen atoms in total. The van der Waals surface area contributed by atoms with Gasteiger partial charge < -0.3 is 16.0 Å². The number of carbonyl (C=O) groups excluding carboxylic acids is 1. The molecule has 12 heteroatoms. The van der Waals surface area contributed by atoms with E-state index in [1.165, 1.54) is 6.07 Å². The first-order chi connectivity index (χ1) is 20.5. The van der Waals surface area contributed by atoms with Gasteiger partial charge >= 0.3 is 6.18 Å². The Bertz CT molecular complexity index is 1790. The number of rotatable bonds is 4. The van der Waals surface area contributed by atoms with Crippen molar-refractivity contribution in [3.63, 3.8) is 0 Å². The molecular formula is C31H29F3N6O2S. The zero-order chi connectivity index (χ0) is 30.2. The van der Waals surface area contributed by atoms with Gasteiger partial charge in [-0.3, -0.25) is 4.79 Å². The van der Waals surface area contributed by atoms with Crippen LogP contribution in [0.2, 0.25) is 0 Å². The molecule has 1 fully saturated rings. The van der Waals surface area contributed by atoms with E-state index >= 15 is 0 Å². The van der Waals surface area contributed by atoms with E-state index in [-0.39, 0.29) is 11.7 Å². The maximum atomic E-state index is 13.2. The molecule has 1 aliphatic carbocycles. The number of aromatic nitrogens is 2. The molecule has 0 saturated heterocycles. The monoisotopic (exact) mass is 606 g/mol. The van der Waals surface area contributed by atoms with Gasteiger partial charge in [-0.25, -0.2) is 14.0 Å². The highest BCUT2D eigenvalue weighted by atomic mass is 32.2. The molecule has 1 aliphatic heterocycles. The summed E-state index contributed by atoms with van der Waals surface area (Å²) in [6.07, 6.45) is -0.524. The van der Waals surface area contributed by atoms with Crippen LogP contribution in [0, 0.1) is 4.78 Å². The largest absolute Gasteiger partial charge is 0.416 e. The standard InChI is InChI=1S/C31H29F3N6O2S/c32-31(33,34)22-6-3-5-21(17-22)30(13-14-30)28(41)38-23-11-9-20(10-12-23)26-19-37-29-39-24-7-4-8-25(18-24)43(35,42)16-2-1-15-36-27(26)40-29/h3-12,17-19,35H,1-2,13-16H2,(H,38,41)(H2,36,37,39,40). The van der Waals surface area contributed by atoms with Gasteiger partial charge in [0.2, 0.25) is 11.9 Å². The highest BCUT2D eigenvalue weighted by Crippen LogP contribution is 2.50. The topological polar surface area (TPSA) is 120 Å². The Kier molecular flexibility index (Phi) is 7.33. The minimum absolute atomic E-state index is 0.260. The Morgan fingerprint density at radius 3 is 2.51 bits per heavy atom. The van der Waals surface area contributed by atoms with E-state index in [1.807, 2.05) is 12.1 Å². The molecular weight excluding hydrogens is 577 g/mol. The quantitative estimate of drug-likeness (QED) is 0.195. The van der Waals surface area contributed by atoms with Gasteiger partial charge in [0, 0.05) is 40.3 Å². The van der Waals surface area contributed by atoms with E-state index in [9.17, 15) is 22.2 Å². The smallest absolute Gasteiger partial charge is 0.369 e. The third-order valence-electron chi connectivity index (χ3n) is 7.79. The molecule has 0 radical (unpaired) electrons. The number of carbonyl (C=O) groups is 1. The maximum absolute atomic E-state index is 13.2. The highest BCUT2D eigenvalue weighted by molar-refractivity contribution is 7.92. The van der Waals surface area contributed by atoms with Crippen LogP contribution in [0.3, 0.4) is 0 Å². The molecule has 1 amide bonds. The van der Waals surface area contributed by atoms with Crippen molar-refractivity contribution in [3.05, 3.63) is 90.1 Å². The van der Waals surface area contributed by atoms with Crippen LogP contribution in [-0.2, 0) is 26.1 Å². The number of benzene rings is 3. The first-order valence-electron chi connectivity index (χ1n) is 13.9. The lowest BCUT2D eigenvalue weighted by atomic mass is 9.93. The summed E-state index contributed by atoms with van der Waals surface area (Å²) < 4.78 is 61.0. The summed E-state index contributed by atoms with van der Waals surface area (Å²) in [4.78, 5) is 22.8. The molecule has 4 bridgehead atoms. The zero-order valence-corrected chi connectivity index (χ0v) is 23.8. The fourth-order valence-corrected chi connectivity index (χ4v) is 6.66. The summed E-state index contributed by atoms with van der Waals surface area (Å²) in [6, 6.07) is 19.1. The minimum Gasteiger partial charge on any atom is -0.369 e. The lowest BCUT2D eigenvalue weighted by Crippen LogP contribution is -2.28. The average molecular weight is 607 g/mol. The van der Waals surface area contributed by atoms with Crippen LogP contribution in [0.5, 0.6) is 0 Å². The van der Waals surface area contributed by atoms with Crippen LogP contribution < -0.4 is 16.0 Å². The Labute approximate surface area is 247 Å². The van der Waals surface area contributed by atoms with Crippen LogP contribution >= 0.6 is 0 Å². The van der Waals surface area contributed by atoms with E-state index in [1.54, 1.807) is 48.7 Å². The van der Waals surface area contributed by atoms with E-state index in [0.717, 1.165) is 23.3 Å². The summed E-state index contributed by atoms with van der Waals surface area (Å²) in [7, 11) is -2.91. The Morgan fingerprint density at radius 1 is 1.00 bits per heavy atom. The molecule has 1 aromatic heterocycles. The molecule has 6 rings (SSSR count). The van der Waals surface area contributed by atoms with Crippen LogP contribution in [0.4, 0.5) is 36.3 Å². The molecule has 43 heavy (non-hydrogen) atoms.